The molecule has 0 spiro atoms. The van der Waals surface area contributed by atoms with Crippen molar-refractivity contribution in [1.82, 2.24) is 0 Å². The molecule has 0 aromatic rings. The summed E-state index contributed by atoms with van der Waals surface area (Å²) in [5.41, 5.74) is 0. The molecule has 0 radical (unpaired) electrons. The molecule has 98 valence electrons. The number of halogens is 2. The largest absolute Gasteiger partial charge is 0.229 e. The Labute approximate surface area is 110 Å². The lowest BCUT2D eigenvalue weighted by Gasteiger charge is -2.07. The maximum absolute atomic E-state index is 11.5. The van der Waals surface area contributed by atoms with E-state index in [1.165, 1.54) is 19.3 Å². The van der Waals surface area contributed by atoms with Crippen LogP contribution in [0.4, 0.5) is 0 Å². The molecule has 0 heterocycles. The SMILES string of the molecule is CCCCCCCCS(=O)(=O)C[C@@H](Cl)CCl. The van der Waals surface area contributed by atoms with Crippen molar-refractivity contribution in [3.63, 3.8) is 0 Å². The summed E-state index contributed by atoms with van der Waals surface area (Å²) in [5.74, 6) is 0.448. The summed E-state index contributed by atoms with van der Waals surface area (Å²) in [5, 5.41) is -0.452. The van der Waals surface area contributed by atoms with Gasteiger partial charge in [0, 0.05) is 5.88 Å². The summed E-state index contributed by atoms with van der Waals surface area (Å²) < 4.78 is 23.1. The van der Waals surface area contributed by atoms with Gasteiger partial charge < -0.3 is 0 Å². The van der Waals surface area contributed by atoms with Gasteiger partial charge in [0.15, 0.2) is 9.84 Å². The molecule has 1 atom stereocenters. The van der Waals surface area contributed by atoms with E-state index in [0.29, 0.717) is 0 Å². The molecule has 0 amide bonds. The van der Waals surface area contributed by atoms with Gasteiger partial charge in [0.05, 0.1) is 16.9 Å². The van der Waals surface area contributed by atoms with Gasteiger partial charge in [0.25, 0.3) is 0 Å². The highest BCUT2D eigenvalue weighted by molar-refractivity contribution is 7.91. The number of hydrogen-bond donors (Lipinski definition) is 0. The maximum atomic E-state index is 11.5. The van der Waals surface area contributed by atoms with Crippen molar-refractivity contribution in [3.05, 3.63) is 0 Å². The van der Waals surface area contributed by atoms with E-state index in [1.807, 2.05) is 0 Å². The summed E-state index contributed by atoms with van der Waals surface area (Å²) in [6.07, 6.45) is 6.52. The predicted molar refractivity (Wildman–Crippen MR) is 72.4 cm³/mol. The molecule has 0 N–H and O–H groups in total. The number of unbranched alkanes of at least 4 members (excludes halogenated alkanes) is 5. The number of rotatable bonds is 10. The lowest BCUT2D eigenvalue weighted by Crippen LogP contribution is -2.20. The van der Waals surface area contributed by atoms with Crippen molar-refractivity contribution in [2.75, 3.05) is 17.4 Å². The van der Waals surface area contributed by atoms with Crippen LogP contribution in [0.1, 0.15) is 45.4 Å². The van der Waals surface area contributed by atoms with Crippen LogP contribution in [0, 0.1) is 0 Å². The van der Waals surface area contributed by atoms with Gasteiger partial charge in [-0.05, 0) is 6.42 Å². The summed E-state index contributed by atoms with van der Waals surface area (Å²) in [6.45, 7) is 2.16. The minimum Gasteiger partial charge on any atom is -0.229 e. The molecule has 0 saturated heterocycles. The van der Waals surface area contributed by atoms with E-state index in [9.17, 15) is 8.42 Å². The molecule has 0 unspecified atom stereocenters. The highest BCUT2D eigenvalue weighted by Gasteiger charge is 2.16. The van der Waals surface area contributed by atoms with Gasteiger partial charge in [-0.25, -0.2) is 8.42 Å². The smallest absolute Gasteiger partial charge is 0.151 e. The second kappa shape index (κ2) is 9.55. The van der Waals surface area contributed by atoms with E-state index < -0.39 is 15.2 Å². The van der Waals surface area contributed by atoms with Crippen LogP contribution in [0.2, 0.25) is 0 Å². The highest BCUT2D eigenvalue weighted by atomic mass is 35.5. The molecule has 0 aromatic heterocycles. The maximum Gasteiger partial charge on any atom is 0.151 e. The third kappa shape index (κ3) is 9.73. The number of alkyl halides is 2. The Balaban J connectivity index is 3.59. The number of sulfone groups is 1. The van der Waals surface area contributed by atoms with Crippen molar-refractivity contribution in [3.8, 4) is 0 Å². The molecule has 0 aliphatic carbocycles. The van der Waals surface area contributed by atoms with E-state index in [0.717, 1.165) is 19.3 Å². The topological polar surface area (TPSA) is 34.1 Å². The summed E-state index contributed by atoms with van der Waals surface area (Å²) in [6, 6.07) is 0. The van der Waals surface area contributed by atoms with E-state index >= 15 is 0 Å². The Morgan fingerprint density at radius 1 is 1.06 bits per heavy atom. The van der Waals surface area contributed by atoms with Gasteiger partial charge in [-0.3, -0.25) is 0 Å². The Morgan fingerprint density at radius 2 is 1.62 bits per heavy atom. The zero-order chi connectivity index (χ0) is 12.4. The molecule has 0 aliphatic heterocycles. The normalized spacial score (nSPS) is 13.9. The van der Waals surface area contributed by atoms with Gasteiger partial charge in [-0.2, -0.15) is 0 Å². The van der Waals surface area contributed by atoms with Crippen molar-refractivity contribution in [1.29, 1.82) is 0 Å². The average molecular weight is 289 g/mol. The van der Waals surface area contributed by atoms with Crippen LogP contribution >= 0.6 is 23.2 Å². The van der Waals surface area contributed by atoms with E-state index in [2.05, 4.69) is 6.92 Å². The monoisotopic (exact) mass is 288 g/mol. The van der Waals surface area contributed by atoms with E-state index in [-0.39, 0.29) is 17.4 Å². The molecule has 0 fully saturated rings. The van der Waals surface area contributed by atoms with Crippen molar-refractivity contribution in [2.24, 2.45) is 0 Å². The molecular weight excluding hydrogens is 267 g/mol. The van der Waals surface area contributed by atoms with Gasteiger partial charge in [-0.15, -0.1) is 23.2 Å². The minimum atomic E-state index is -3.00. The van der Waals surface area contributed by atoms with Gasteiger partial charge >= 0.3 is 0 Å². The van der Waals surface area contributed by atoms with Crippen LogP contribution in [-0.2, 0) is 9.84 Å². The third-order valence-corrected chi connectivity index (χ3v) is 5.25. The summed E-state index contributed by atoms with van der Waals surface area (Å²) in [7, 11) is -3.00. The van der Waals surface area contributed by atoms with Gasteiger partial charge in [-0.1, -0.05) is 39.0 Å². The fraction of sp³-hybridized carbons (Fsp3) is 1.00. The molecule has 0 aliphatic rings. The molecule has 16 heavy (non-hydrogen) atoms. The molecule has 0 saturated carbocycles. The van der Waals surface area contributed by atoms with Crippen LogP contribution in [0.3, 0.4) is 0 Å². The standard InChI is InChI=1S/C11H22Cl2O2S/c1-2-3-4-5-6-7-8-16(14,15)10-11(13)9-12/h11H,2-10H2,1H3/t11-/m0/s1. The first-order valence-electron chi connectivity index (χ1n) is 5.92. The summed E-state index contributed by atoms with van der Waals surface area (Å²) in [4.78, 5) is 0. The first kappa shape index (κ1) is 16.5. The highest BCUT2D eigenvalue weighted by Crippen LogP contribution is 2.09. The van der Waals surface area contributed by atoms with Crippen LogP contribution < -0.4 is 0 Å². The molecule has 0 bridgehead atoms. The second-order valence-electron chi connectivity index (χ2n) is 4.13. The first-order chi connectivity index (χ1) is 7.52. The van der Waals surface area contributed by atoms with Crippen LogP contribution in [-0.4, -0.2) is 31.2 Å². The van der Waals surface area contributed by atoms with Crippen molar-refractivity contribution < 1.29 is 8.42 Å². The average Bonchev–Trinajstić information content (AvgIpc) is 2.22. The molecule has 2 nitrogen and oxygen atoms in total. The molecule has 0 aromatic carbocycles. The Kier molecular flexibility index (Phi) is 9.87. The van der Waals surface area contributed by atoms with Crippen LogP contribution in [0.5, 0.6) is 0 Å². The minimum absolute atomic E-state index is 0.00696. The lowest BCUT2D eigenvalue weighted by molar-refractivity contribution is 0.583. The molecule has 0 rings (SSSR count). The molecular formula is C11H22Cl2O2S. The summed E-state index contributed by atoms with van der Waals surface area (Å²) >= 11 is 11.2. The Hall–Kier alpha value is 0.530. The predicted octanol–water partition coefficient (Wildman–Crippen LogP) is 3.61. The lowest BCUT2D eigenvalue weighted by atomic mass is 10.1. The van der Waals surface area contributed by atoms with Gasteiger partial charge in [0.1, 0.15) is 0 Å². The third-order valence-electron chi connectivity index (χ3n) is 2.41. The fourth-order valence-corrected chi connectivity index (χ4v) is 3.80. The zero-order valence-electron chi connectivity index (χ0n) is 9.92. The molecule has 5 heteroatoms. The van der Waals surface area contributed by atoms with Gasteiger partial charge in [0.2, 0.25) is 0 Å². The first-order valence-corrected chi connectivity index (χ1v) is 8.71. The zero-order valence-corrected chi connectivity index (χ0v) is 12.3. The van der Waals surface area contributed by atoms with Crippen LogP contribution in [0.25, 0.3) is 0 Å². The van der Waals surface area contributed by atoms with Crippen molar-refractivity contribution >= 4 is 33.0 Å². The van der Waals surface area contributed by atoms with Crippen LogP contribution in [0.15, 0.2) is 0 Å². The van der Waals surface area contributed by atoms with E-state index in [4.69, 9.17) is 23.2 Å². The Bertz CT molecular complexity index is 253. The second-order valence-corrected chi connectivity index (χ2v) is 7.29. The fourth-order valence-electron chi connectivity index (χ4n) is 1.51. The Morgan fingerprint density at radius 3 is 2.19 bits per heavy atom. The van der Waals surface area contributed by atoms with E-state index in [1.54, 1.807) is 0 Å². The quantitative estimate of drug-likeness (QED) is 0.455. The van der Waals surface area contributed by atoms with Crippen molar-refractivity contribution in [2.45, 2.75) is 50.8 Å². The number of hydrogen-bond acceptors (Lipinski definition) is 2.